The van der Waals surface area contributed by atoms with E-state index in [-0.39, 0.29) is 11.9 Å². The predicted octanol–water partition coefficient (Wildman–Crippen LogP) is 2.68. The Labute approximate surface area is 141 Å². The fourth-order valence-electron chi connectivity index (χ4n) is 3.79. The second kappa shape index (κ2) is 6.37. The van der Waals surface area contributed by atoms with Gasteiger partial charge >= 0.3 is 0 Å². The summed E-state index contributed by atoms with van der Waals surface area (Å²) in [4.78, 5) is 19.0. The topological polar surface area (TPSA) is 77.1 Å². The molecule has 1 amide bonds. The lowest BCUT2D eigenvalue weighted by Gasteiger charge is -2.33. The van der Waals surface area contributed by atoms with Crippen molar-refractivity contribution < 1.29 is 9.32 Å². The van der Waals surface area contributed by atoms with Crippen molar-refractivity contribution in [1.82, 2.24) is 19.9 Å². The van der Waals surface area contributed by atoms with Crippen LogP contribution >= 0.6 is 0 Å². The molecule has 0 aromatic carbocycles. The third-order valence-corrected chi connectivity index (χ3v) is 5.17. The van der Waals surface area contributed by atoms with Crippen LogP contribution in [0.4, 0.5) is 5.82 Å². The first-order valence-electron chi connectivity index (χ1n) is 8.88. The van der Waals surface area contributed by atoms with E-state index in [0.717, 1.165) is 37.4 Å². The summed E-state index contributed by atoms with van der Waals surface area (Å²) < 4.78 is 7.24. The van der Waals surface area contributed by atoms with E-state index in [2.05, 4.69) is 22.2 Å². The van der Waals surface area contributed by atoms with Crippen LogP contribution in [0, 0.1) is 0 Å². The van der Waals surface area contributed by atoms with Gasteiger partial charge in [0.15, 0.2) is 5.82 Å². The number of carbonyl (C=O) groups excluding carboxylic acids is 1. The van der Waals surface area contributed by atoms with Gasteiger partial charge in [-0.05, 0) is 26.2 Å². The summed E-state index contributed by atoms with van der Waals surface area (Å²) in [6, 6.07) is 2.09. The van der Waals surface area contributed by atoms with E-state index >= 15 is 0 Å². The average Bonchev–Trinajstić information content (AvgIpc) is 3.31. The van der Waals surface area contributed by atoms with E-state index in [1.807, 2.05) is 15.6 Å². The molecule has 0 spiro atoms. The van der Waals surface area contributed by atoms with Crippen molar-refractivity contribution in [3.63, 3.8) is 0 Å². The number of hydrogen-bond donors (Lipinski definition) is 0. The zero-order valence-electron chi connectivity index (χ0n) is 14.0. The number of rotatable bonds is 4. The van der Waals surface area contributed by atoms with Gasteiger partial charge in [-0.2, -0.15) is 10.1 Å². The van der Waals surface area contributed by atoms with Crippen molar-refractivity contribution in [3.8, 4) is 0 Å². The molecular weight excluding hydrogens is 306 g/mol. The van der Waals surface area contributed by atoms with Crippen molar-refractivity contribution in [1.29, 1.82) is 0 Å². The molecule has 2 aliphatic rings. The normalized spacial score (nSPS) is 21.2. The molecule has 1 atom stereocenters. The summed E-state index contributed by atoms with van der Waals surface area (Å²) in [5.41, 5.74) is 0. The molecule has 4 rings (SSSR count). The standard InChI is InChI=1S/C17H23N5O2/c1-12-9-11-21-15(8-10-18-21)22(12)16(23)7-6-14-19-17(20-24-14)13-4-2-3-5-13/h8,10,12-13H,2-7,9,11H2,1H3. The van der Waals surface area contributed by atoms with E-state index in [9.17, 15) is 4.79 Å². The molecule has 2 aromatic rings. The van der Waals surface area contributed by atoms with Crippen LogP contribution < -0.4 is 4.90 Å². The fourth-order valence-corrected chi connectivity index (χ4v) is 3.79. The molecule has 0 radical (unpaired) electrons. The van der Waals surface area contributed by atoms with Gasteiger partial charge in [0.2, 0.25) is 11.8 Å². The number of hydrogen-bond acceptors (Lipinski definition) is 5. The summed E-state index contributed by atoms with van der Waals surface area (Å²) in [5, 5.41) is 8.38. The summed E-state index contributed by atoms with van der Waals surface area (Å²) in [6.45, 7) is 2.95. The van der Waals surface area contributed by atoms with Gasteiger partial charge in [0.05, 0.1) is 6.20 Å². The number of anilines is 1. The van der Waals surface area contributed by atoms with E-state index in [0.29, 0.717) is 24.7 Å². The lowest BCUT2D eigenvalue weighted by molar-refractivity contribution is -0.119. The molecule has 7 heteroatoms. The molecule has 128 valence electrons. The zero-order valence-corrected chi connectivity index (χ0v) is 14.0. The minimum atomic E-state index is 0.0876. The SMILES string of the molecule is CC1CCn2nccc2N1C(=O)CCc1nc(C2CCCC2)no1. The number of amides is 1. The molecule has 24 heavy (non-hydrogen) atoms. The van der Waals surface area contributed by atoms with Crippen molar-refractivity contribution in [2.45, 2.75) is 70.4 Å². The van der Waals surface area contributed by atoms with Gasteiger partial charge in [-0.3, -0.25) is 9.69 Å². The predicted molar refractivity (Wildman–Crippen MR) is 87.6 cm³/mol. The van der Waals surface area contributed by atoms with Gasteiger partial charge in [-0.15, -0.1) is 0 Å². The molecule has 3 heterocycles. The third-order valence-electron chi connectivity index (χ3n) is 5.17. The Hall–Kier alpha value is -2.18. The molecule has 1 aliphatic carbocycles. The molecule has 0 bridgehead atoms. The summed E-state index contributed by atoms with van der Waals surface area (Å²) in [6.07, 6.45) is 8.32. The maximum absolute atomic E-state index is 12.7. The average molecular weight is 329 g/mol. The van der Waals surface area contributed by atoms with E-state index < -0.39 is 0 Å². The van der Waals surface area contributed by atoms with Crippen LogP contribution in [-0.4, -0.2) is 31.9 Å². The lowest BCUT2D eigenvalue weighted by atomic mass is 10.1. The first-order valence-corrected chi connectivity index (χ1v) is 8.88. The maximum Gasteiger partial charge on any atom is 0.228 e. The summed E-state index contributed by atoms with van der Waals surface area (Å²) in [5.74, 6) is 2.80. The highest BCUT2D eigenvalue weighted by Gasteiger charge is 2.29. The van der Waals surface area contributed by atoms with Crippen LogP contribution in [0.2, 0.25) is 0 Å². The van der Waals surface area contributed by atoms with E-state index in [1.54, 1.807) is 6.20 Å². The maximum atomic E-state index is 12.7. The quantitative estimate of drug-likeness (QED) is 0.862. The van der Waals surface area contributed by atoms with E-state index in [1.165, 1.54) is 12.8 Å². The van der Waals surface area contributed by atoms with Crippen molar-refractivity contribution in [2.75, 3.05) is 4.90 Å². The van der Waals surface area contributed by atoms with Gasteiger partial charge < -0.3 is 4.52 Å². The van der Waals surface area contributed by atoms with Crippen LogP contribution in [0.15, 0.2) is 16.8 Å². The third kappa shape index (κ3) is 2.83. The molecule has 0 N–H and O–H groups in total. The van der Waals surface area contributed by atoms with Gasteiger partial charge in [0, 0.05) is 37.4 Å². The van der Waals surface area contributed by atoms with Gasteiger partial charge in [-0.25, -0.2) is 4.68 Å². The van der Waals surface area contributed by atoms with Crippen molar-refractivity contribution in [3.05, 3.63) is 24.0 Å². The number of fused-ring (bicyclic) bond motifs is 1. The second-order valence-corrected chi connectivity index (χ2v) is 6.84. The smallest absolute Gasteiger partial charge is 0.228 e. The lowest BCUT2D eigenvalue weighted by Crippen LogP contribution is -2.44. The largest absolute Gasteiger partial charge is 0.339 e. The van der Waals surface area contributed by atoms with Crippen LogP contribution in [0.5, 0.6) is 0 Å². The first-order chi connectivity index (χ1) is 11.7. The van der Waals surface area contributed by atoms with Crippen molar-refractivity contribution in [2.24, 2.45) is 0 Å². The molecule has 2 aromatic heterocycles. The Morgan fingerprint density at radius 3 is 3.00 bits per heavy atom. The first kappa shape index (κ1) is 15.4. The molecular formula is C17H23N5O2. The highest BCUT2D eigenvalue weighted by molar-refractivity contribution is 5.93. The molecule has 7 nitrogen and oxygen atoms in total. The van der Waals surface area contributed by atoms with Crippen LogP contribution in [0.25, 0.3) is 0 Å². The number of aromatic nitrogens is 4. The van der Waals surface area contributed by atoms with Crippen LogP contribution in [-0.2, 0) is 17.8 Å². The molecule has 1 unspecified atom stereocenters. The Kier molecular flexibility index (Phi) is 4.08. The van der Waals surface area contributed by atoms with E-state index in [4.69, 9.17) is 4.52 Å². The number of nitrogens with zero attached hydrogens (tertiary/aromatic N) is 5. The number of carbonyl (C=O) groups is 1. The monoisotopic (exact) mass is 329 g/mol. The Morgan fingerprint density at radius 2 is 2.17 bits per heavy atom. The summed E-state index contributed by atoms with van der Waals surface area (Å²) in [7, 11) is 0. The minimum Gasteiger partial charge on any atom is -0.339 e. The van der Waals surface area contributed by atoms with Crippen molar-refractivity contribution >= 4 is 11.7 Å². The van der Waals surface area contributed by atoms with Crippen LogP contribution in [0.1, 0.15) is 63.1 Å². The Balaban J connectivity index is 1.40. The van der Waals surface area contributed by atoms with Gasteiger partial charge in [0.25, 0.3) is 0 Å². The summed E-state index contributed by atoms with van der Waals surface area (Å²) >= 11 is 0. The van der Waals surface area contributed by atoms with Gasteiger partial charge in [0.1, 0.15) is 5.82 Å². The van der Waals surface area contributed by atoms with Gasteiger partial charge in [-0.1, -0.05) is 18.0 Å². The molecule has 0 saturated heterocycles. The highest BCUT2D eigenvalue weighted by Crippen LogP contribution is 2.32. The van der Waals surface area contributed by atoms with Crippen LogP contribution in [0.3, 0.4) is 0 Å². The molecule has 1 fully saturated rings. The second-order valence-electron chi connectivity index (χ2n) is 6.84. The Bertz CT molecular complexity index is 716. The highest BCUT2D eigenvalue weighted by atomic mass is 16.5. The minimum absolute atomic E-state index is 0.0876. The molecule has 1 saturated carbocycles. The fraction of sp³-hybridized carbons (Fsp3) is 0.647. The molecule has 1 aliphatic heterocycles. The zero-order chi connectivity index (χ0) is 16.5. The Morgan fingerprint density at radius 1 is 1.33 bits per heavy atom. The number of aryl methyl sites for hydroxylation is 2.